The summed E-state index contributed by atoms with van der Waals surface area (Å²) in [5.41, 5.74) is -0.785. The molecule has 1 N–H and O–H groups in total. The number of ether oxygens (including phenoxy) is 1. The van der Waals surface area contributed by atoms with Gasteiger partial charge in [-0.3, -0.25) is 0 Å². The zero-order valence-corrected chi connectivity index (χ0v) is 13.7. The Labute approximate surface area is 139 Å². The maximum atomic E-state index is 13.0. The number of aromatic nitrogens is 1. The topological polar surface area (TPSA) is 51.2 Å². The monoisotopic (exact) mass is 364 g/mol. The van der Waals surface area contributed by atoms with Gasteiger partial charge in [-0.1, -0.05) is 11.6 Å². The highest BCUT2D eigenvalue weighted by atomic mass is 35.5. The molecule has 2 rings (SSSR count). The van der Waals surface area contributed by atoms with Gasteiger partial charge in [0.15, 0.2) is 4.47 Å². The smallest absolute Gasteiger partial charge is 0.416 e. The number of anilines is 1. The number of alkyl halides is 3. The predicted octanol–water partition coefficient (Wildman–Crippen LogP) is 4.52. The van der Waals surface area contributed by atoms with Crippen LogP contribution in [0.5, 0.6) is 0 Å². The fourth-order valence-electron chi connectivity index (χ4n) is 1.99. The minimum absolute atomic E-state index is 0.0358. The van der Waals surface area contributed by atoms with Crippen molar-refractivity contribution >= 4 is 34.6 Å². The van der Waals surface area contributed by atoms with E-state index in [2.05, 4.69) is 15.0 Å². The molecule has 0 atom stereocenters. The van der Waals surface area contributed by atoms with E-state index in [1.165, 1.54) is 31.6 Å². The Balaban J connectivity index is 2.39. The molecule has 1 aromatic carbocycles. The molecular weight excluding hydrogens is 353 g/mol. The van der Waals surface area contributed by atoms with Gasteiger partial charge in [0.05, 0.1) is 24.8 Å². The summed E-state index contributed by atoms with van der Waals surface area (Å²) < 4.78 is 44.1. The van der Waals surface area contributed by atoms with Gasteiger partial charge in [-0.15, -0.1) is 11.3 Å². The quantitative estimate of drug-likeness (QED) is 0.810. The molecule has 0 amide bonds. The summed E-state index contributed by atoms with van der Waals surface area (Å²) in [6.45, 7) is 1.48. The van der Waals surface area contributed by atoms with Gasteiger partial charge >= 0.3 is 12.1 Å². The van der Waals surface area contributed by atoms with Crippen LogP contribution in [0.1, 0.15) is 26.4 Å². The van der Waals surface area contributed by atoms with Crippen LogP contribution in [0, 0.1) is 6.92 Å². The Morgan fingerprint density at radius 1 is 1.43 bits per heavy atom. The van der Waals surface area contributed by atoms with Crippen molar-refractivity contribution in [3.63, 3.8) is 0 Å². The lowest BCUT2D eigenvalue weighted by Crippen LogP contribution is -2.13. The molecule has 0 bridgehead atoms. The molecule has 2 aromatic rings. The molecule has 124 valence electrons. The summed E-state index contributed by atoms with van der Waals surface area (Å²) in [6, 6.07) is 2.07. The summed E-state index contributed by atoms with van der Waals surface area (Å²) in [4.78, 5) is 16.4. The van der Waals surface area contributed by atoms with Crippen LogP contribution in [-0.2, 0) is 17.5 Å². The number of hydrogen-bond donors (Lipinski definition) is 1. The largest absolute Gasteiger partial charge is 0.465 e. The number of methoxy groups -OCH3 is 1. The van der Waals surface area contributed by atoms with Crippen LogP contribution >= 0.6 is 22.9 Å². The van der Waals surface area contributed by atoms with E-state index in [1.807, 2.05) is 0 Å². The van der Waals surface area contributed by atoms with Crippen molar-refractivity contribution in [2.75, 3.05) is 12.4 Å². The van der Waals surface area contributed by atoms with Gasteiger partial charge in [-0.2, -0.15) is 13.2 Å². The number of halogens is 4. The Hall–Kier alpha value is -1.80. The molecular formula is C14H12ClF3N2O2S. The molecule has 0 saturated carbocycles. The van der Waals surface area contributed by atoms with Crippen molar-refractivity contribution in [3.8, 4) is 0 Å². The lowest BCUT2D eigenvalue weighted by molar-refractivity contribution is -0.138. The third kappa shape index (κ3) is 4.14. The zero-order chi connectivity index (χ0) is 17.2. The number of carbonyl (C=O) groups is 1. The van der Waals surface area contributed by atoms with Crippen LogP contribution in [0.4, 0.5) is 18.9 Å². The molecule has 1 heterocycles. The van der Waals surface area contributed by atoms with E-state index >= 15 is 0 Å². The second-order valence-corrected chi connectivity index (χ2v) is 6.33. The van der Waals surface area contributed by atoms with Gasteiger partial charge in [-0.25, -0.2) is 9.78 Å². The van der Waals surface area contributed by atoms with E-state index in [0.29, 0.717) is 4.47 Å². The highest BCUT2D eigenvalue weighted by Gasteiger charge is 2.33. The van der Waals surface area contributed by atoms with Gasteiger partial charge in [0.1, 0.15) is 0 Å². The van der Waals surface area contributed by atoms with E-state index in [-0.39, 0.29) is 23.4 Å². The van der Waals surface area contributed by atoms with Gasteiger partial charge in [0.2, 0.25) is 0 Å². The van der Waals surface area contributed by atoms with Crippen molar-refractivity contribution < 1.29 is 22.7 Å². The van der Waals surface area contributed by atoms with Gasteiger partial charge in [0, 0.05) is 16.8 Å². The van der Waals surface area contributed by atoms with Crippen LogP contribution in [0.15, 0.2) is 18.3 Å². The molecule has 0 fully saturated rings. The molecule has 9 heteroatoms. The fourth-order valence-corrected chi connectivity index (χ4v) is 2.90. The van der Waals surface area contributed by atoms with E-state index in [9.17, 15) is 18.0 Å². The summed E-state index contributed by atoms with van der Waals surface area (Å²) in [5, 5.41) is 2.81. The number of nitrogens with zero attached hydrogens (tertiary/aromatic N) is 1. The standard InChI is InChI=1S/C14H12ClF3N2O2S/c1-7-3-9(12(21)22-2)11(4-10(7)14(16,17)18)19-5-8-6-20-13(15)23-8/h3-4,6,19H,5H2,1-2H3. The second-order valence-electron chi connectivity index (χ2n) is 4.64. The Morgan fingerprint density at radius 3 is 2.65 bits per heavy atom. The maximum Gasteiger partial charge on any atom is 0.416 e. The number of rotatable bonds is 4. The Kier molecular flexibility index (Phi) is 5.16. The van der Waals surface area contributed by atoms with Crippen LogP contribution in [0.25, 0.3) is 0 Å². The number of hydrogen-bond acceptors (Lipinski definition) is 5. The van der Waals surface area contributed by atoms with Crippen LogP contribution in [0.3, 0.4) is 0 Å². The summed E-state index contributed by atoms with van der Waals surface area (Å²) >= 11 is 6.90. The van der Waals surface area contributed by atoms with Crippen molar-refractivity contribution in [2.24, 2.45) is 0 Å². The van der Waals surface area contributed by atoms with Crippen LogP contribution in [-0.4, -0.2) is 18.1 Å². The second kappa shape index (κ2) is 6.76. The normalized spacial score (nSPS) is 11.4. The first-order valence-corrected chi connectivity index (χ1v) is 7.56. The molecule has 23 heavy (non-hydrogen) atoms. The summed E-state index contributed by atoms with van der Waals surface area (Å²) in [7, 11) is 1.17. The van der Waals surface area contributed by atoms with E-state index in [4.69, 9.17) is 11.6 Å². The van der Waals surface area contributed by atoms with Crippen molar-refractivity contribution in [2.45, 2.75) is 19.6 Å². The van der Waals surface area contributed by atoms with E-state index < -0.39 is 17.7 Å². The van der Waals surface area contributed by atoms with Gasteiger partial charge < -0.3 is 10.1 Å². The van der Waals surface area contributed by atoms with Crippen LogP contribution in [0.2, 0.25) is 4.47 Å². The lowest BCUT2D eigenvalue weighted by atomic mass is 10.0. The number of thiazole rings is 1. The average molecular weight is 365 g/mol. The minimum Gasteiger partial charge on any atom is -0.465 e. The number of esters is 1. The zero-order valence-electron chi connectivity index (χ0n) is 12.1. The van der Waals surface area contributed by atoms with Crippen molar-refractivity contribution in [1.82, 2.24) is 4.98 Å². The van der Waals surface area contributed by atoms with Crippen molar-refractivity contribution in [1.29, 1.82) is 0 Å². The highest BCUT2D eigenvalue weighted by molar-refractivity contribution is 7.15. The molecule has 0 spiro atoms. The fraction of sp³-hybridized carbons (Fsp3) is 0.286. The van der Waals surface area contributed by atoms with Gasteiger partial charge in [0.25, 0.3) is 0 Å². The van der Waals surface area contributed by atoms with E-state index in [0.717, 1.165) is 17.0 Å². The molecule has 0 unspecified atom stereocenters. The van der Waals surface area contributed by atoms with Crippen LogP contribution < -0.4 is 5.32 Å². The van der Waals surface area contributed by atoms with E-state index in [1.54, 1.807) is 0 Å². The highest BCUT2D eigenvalue weighted by Crippen LogP contribution is 2.35. The minimum atomic E-state index is -4.51. The number of nitrogens with one attached hydrogen (secondary N) is 1. The SMILES string of the molecule is COC(=O)c1cc(C)c(C(F)(F)F)cc1NCc1cnc(Cl)s1. The molecule has 0 aliphatic heterocycles. The lowest BCUT2D eigenvalue weighted by Gasteiger charge is -2.16. The molecule has 0 aliphatic carbocycles. The first-order valence-electron chi connectivity index (χ1n) is 6.36. The molecule has 0 radical (unpaired) electrons. The number of carbonyl (C=O) groups excluding carboxylic acids is 1. The maximum absolute atomic E-state index is 13.0. The van der Waals surface area contributed by atoms with Gasteiger partial charge in [-0.05, 0) is 24.6 Å². The molecule has 4 nitrogen and oxygen atoms in total. The first kappa shape index (κ1) is 17.6. The predicted molar refractivity (Wildman–Crippen MR) is 82.0 cm³/mol. The third-order valence-electron chi connectivity index (χ3n) is 3.05. The Morgan fingerprint density at radius 2 is 2.13 bits per heavy atom. The molecule has 0 saturated heterocycles. The number of aryl methyl sites for hydroxylation is 1. The Bertz CT molecular complexity index is 731. The van der Waals surface area contributed by atoms with Crippen molar-refractivity contribution in [3.05, 3.63) is 44.4 Å². The average Bonchev–Trinajstić information content (AvgIpc) is 2.89. The summed E-state index contributed by atoms with van der Waals surface area (Å²) in [6.07, 6.45) is -3.00. The molecule has 1 aromatic heterocycles. The summed E-state index contributed by atoms with van der Waals surface area (Å²) in [5.74, 6) is -0.716. The number of benzene rings is 1. The first-order chi connectivity index (χ1) is 10.7. The third-order valence-corrected chi connectivity index (χ3v) is 4.17. The molecule has 0 aliphatic rings.